The molecular formula is C21H24O2. The smallest absolute Gasteiger partial charge is 0.101 e. The highest BCUT2D eigenvalue weighted by Gasteiger charge is 2.42. The van der Waals surface area contributed by atoms with Crippen molar-refractivity contribution in [1.29, 1.82) is 0 Å². The lowest BCUT2D eigenvalue weighted by atomic mass is 9.61. The van der Waals surface area contributed by atoms with Gasteiger partial charge in [-0.05, 0) is 34.3 Å². The topological polar surface area (TPSA) is 40.5 Å². The number of aliphatic hydroxyl groups excluding tert-OH is 2. The van der Waals surface area contributed by atoms with Gasteiger partial charge in [0.1, 0.15) is 6.10 Å². The Morgan fingerprint density at radius 2 is 1.48 bits per heavy atom. The van der Waals surface area contributed by atoms with E-state index in [1.807, 2.05) is 18.2 Å². The normalized spacial score (nSPS) is 35.8. The number of benzene rings is 1. The first kappa shape index (κ1) is 14.9. The summed E-state index contributed by atoms with van der Waals surface area (Å²) >= 11 is 0. The first-order chi connectivity index (χ1) is 11.0. The van der Waals surface area contributed by atoms with Gasteiger partial charge in [-0.15, -0.1) is 0 Å². The third-order valence-corrected chi connectivity index (χ3v) is 6.00. The highest BCUT2D eigenvalue weighted by atomic mass is 16.3. The molecule has 23 heavy (non-hydrogen) atoms. The lowest BCUT2D eigenvalue weighted by molar-refractivity contribution is 0.192. The molecule has 5 unspecified atom stereocenters. The molecule has 0 saturated heterocycles. The molecule has 2 heteroatoms. The maximum atomic E-state index is 11.1. The molecule has 0 heterocycles. The van der Waals surface area contributed by atoms with E-state index in [1.54, 1.807) is 0 Å². The van der Waals surface area contributed by atoms with Crippen molar-refractivity contribution in [2.45, 2.75) is 45.3 Å². The summed E-state index contributed by atoms with van der Waals surface area (Å²) in [6.45, 7) is 6.68. The van der Waals surface area contributed by atoms with Crippen molar-refractivity contribution in [3.05, 3.63) is 69.8 Å². The summed E-state index contributed by atoms with van der Waals surface area (Å²) in [6.07, 6.45) is 3.97. The van der Waals surface area contributed by atoms with Gasteiger partial charge < -0.3 is 10.2 Å². The van der Waals surface area contributed by atoms with Gasteiger partial charge >= 0.3 is 0 Å². The number of rotatable bonds is 0. The zero-order chi connectivity index (χ0) is 16.3. The predicted octanol–water partition coefficient (Wildman–Crippen LogP) is 4.04. The summed E-state index contributed by atoms with van der Waals surface area (Å²) in [4.78, 5) is 0. The van der Waals surface area contributed by atoms with E-state index in [9.17, 15) is 10.2 Å². The Morgan fingerprint density at radius 1 is 0.826 bits per heavy atom. The molecule has 0 fully saturated rings. The Labute approximate surface area is 137 Å². The standard InChI is InChI=1S/C21H24O2/c1-11-15-6-4-5-7-17(15)21(23)20-13(3)18-10-14(22)8-9-16(18)12(2)19(11)20/h4-7,9-14,21-23H,8H2,1-3H3. The van der Waals surface area contributed by atoms with E-state index < -0.39 is 12.2 Å². The van der Waals surface area contributed by atoms with Gasteiger partial charge in [0.05, 0.1) is 6.10 Å². The van der Waals surface area contributed by atoms with Crippen molar-refractivity contribution in [2.75, 3.05) is 0 Å². The Balaban J connectivity index is 1.92. The summed E-state index contributed by atoms with van der Waals surface area (Å²) in [5, 5.41) is 21.1. The highest BCUT2D eigenvalue weighted by Crippen LogP contribution is 2.55. The predicted molar refractivity (Wildman–Crippen MR) is 92.0 cm³/mol. The second-order valence-electron chi connectivity index (χ2n) is 7.19. The van der Waals surface area contributed by atoms with Crippen LogP contribution < -0.4 is 0 Å². The summed E-state index contributed by atoms with van der Waals surface area (Å²) < 4.78 is 0. The van der Waals surface area contributed by atoms with Gasteiger partial charge in [0.15, 0.2) is 0 Å². The number of hydrogen-bond acceptors (Lipinski definition) is 2. The van der Waals surface area contributed by atoms with E-state index in [4.69, 9.17) is 0 Å². The molecule has 0 bridgehead atoms. The summed E-state index contributed by atoms with van der Waals surface area (Å²) in [7, 11) is 0. The van der Waals surface area contributed by atoms with Gasteiger partial charge in [-0.25, -0.2) is 0 Å². The molecular weight excluding hydrogens is 284 g/mol. The number of allylic oxidation sites excluding steroid dienone is 3. The fraction of sp³-hybridized carbons (Fsp3) is 0.429. The van der Waals surface area contributed by atoms with Crippen LogP contribution in [0.5, 0.6) is 0 Å². The van der Waals surface area contributed by atoms with Crippen LogP contribution in [0, 0.1) is 11.8 Å². The van der Waals surface area contributed by atoms with Crippen LogP contribution in [-0.4, -0.2) is 16.3 Å². The fourth-order valence-electron chi connectivity index (χ4n) is 4.90. The van der Waals surface area contributed by atoms with Crippen LogP contribution in [0.25, 0.3) is 0 Å². The quantitative estimate of drug-likeness (QED) is 0.710. The van der Waals surface area contributed by atoms with E-state index in [2.05, 4.69) is 39.0 Å². The third kappa shape index (κ3) is 2.02. The Morgan fingerprint density at radius 3 is 2.22 bits per heavy atom. The zero-order valence-electron chi connectivity index (χ0n) is 14.0. The molecule has 0 spiro atoms. The van der Waals surface area contributed by atoms with E-state index in [0.29, 0.717) is 18.3 Å². The molecule has 1 aromatic carbocycles. The highest BCUT2D eigenvalue weighted by molar-refractivity contribution is 5.58. The second-order valence-corrected chi connectivity index (χ2v) is 7.19. The Kier molecular flexibility index (Phi) is 3.36. The molecule has 4 rings (SSSR count). The van der Waals surface area contributed by atoms with Crippen LogP contribution in [0.4, 0.5) is 0 Å². The van der Waals surface area contributed by atoms with E-state index in [1.165, 1.54) is 22.3 Å². The summed E-state index contributed by atoms with van der Waals surface area (Å²) in [5.74, 6) is 0.794. The molecule has 2 nitrogen and oxygen atoms in total. The van der Waals surface area contributed by atoms with E-state index >= 15 is 0 Å². The molecule has 0 aliphatic heterocycles. The van der Waals surface area contributed by atoms with E-state index in [0.717, 1.165) is 11.1 Å². The molecule has 1 aromatic rings. The minimum Gasteiger partial charge on any atom is -0.389 e. The van der Waals surface area contributed by atoms with Crippen molar-refractivity contribution in [2.24, 2.45) is 11.8 Å². The van der Waals surface area contributed by atoms with Crippen LogP contribution in [0.2, 0.25) is 0 Å². The van der Waals surface area contributed by atoms with Crippen LogP contribution in [0.3, 0.4) is 0 Å². The van der Waals surface area contributed by atoms with Gasteiger partial charge in [0.2, 0.25) is 0 Å². The SMILES string of the molecule is CC1C2=CCC(O)C=C2C(C)C2=C1C(C)c1ccccc1C2O. The lowest BCUT2D eigenvalue weighted by Gasteiger charge is -2.44. The zero-order valence-corrected chi connectivity index (χ0v) is 14.0. The Hall–Kier alpha value is -1.64. The number of aliphatic hydroxyl groups is 2. The van der Waals surface area contributed by atoms with Gasteiger partial charge in [0.25, 0.3) is 0 Å². The second kappa shape index (κ2) is 5.19. The molecule has 120 valence electrons. The molecule has 3 aliphatic rings. The molecule has 5 atom stereocenters. The molecule has 0 aromatic heterocycles. The van der Waals surface area contributed by atoms with Crippen molar-refractivity contribution < 1.29 is 10.2 Å². The van der Waals surface area contributed by atoms with Crippen LogP contribution in [-0.2, 0) is 0 Å². The minimum absolute atomic E-state index is 0.160. The Bertz CT molecular complexity index is 753. The minimum atomic E-state index is -0.531. The first-order valence-electron chi connectivity index (χ1n) is 8.61. The van der Waals surface area contributed by atoms with Gasteiger partial charge in [-0.3, -0.25) is 0 Å². The van der Waals surface area contributed by atoms with Gasteiger partial charge in [-0.1, -0.05) is 62.8 Å². The molecule has 2 N–H and O–H groups in total. The van der Waals surface area contributed by atoms with E-state index in [-0.39, 0.29) is 5.92 Å². The number of hydrogen-bond donors (Lipinski definition) is 2. The van der Waals surface area contributed by atoms with Crippen LogP contribution >= 0.6 is 0 Å². The van der Waals surface area contributed by atoms with Gasteiger partial charge in [-0.2, -0.15) is 0 Å². The average molecular weight is 308 g/mol. The lowest BCUT2D eigenvalue weighted by Crippen LogP contribution is -2.32. The van der Waals surface area contributed by atoms with Gasteiger partial charge in [0, 0.05) is 17.8 Å². The maximum absolute atomic E-state index is 11.1. The van der Waals surface area contributed by atoms with Crippen molar-refractivity contribution in [3.8, 4) is 0 Å². The number of fused-ring (bicyclic) bond motifs is 2. The van der Waals surface area contributed by atoms with Crippen LogP contribution in [0.15, 0.2) is 58.7 Å². The average Bonchev–Trinajstić information content (AvgIpc) is 2.56. The summed E-state index contributed by atoms with van der Waals surface area (Å²) in [6, 6.07) is 8.26. The van der Waals surface area contributed by atoms with Crippen molar-refractivity contribution in [3.63, 3.8) is 0 Å². The monoisotopic (exact) mass is 308 g/mol. The molecule has 0 saturated carbocycles. The molecule has 0 amide bonds. The van der Waals surface area contributed by atoms with Crippen molar-refractivity contribution >= 4 is 0 Å². The first-order valence-corrected chi connectivity index (χ1v) is 8.61. The third-order valence-electron chi connectivity index (χ3n) is 6.00. The van der Waals surface area contributed by atoms with Crippen molar-refractivity contribution in [1.82, 2.24) is 0 Å². The maximum Gasteiger partial charge on any atom is 0.101 e. The largest absolute Gasteiger partial charge is 0.389 e. The van der Waals surface area contributed by atoms with Crippen LogP contribution in [0.1, 0.15) is 50.3 Å². The molecule has 3 aliphatic carbocycles. The summed E-state index contributed by atoms with van der Waals surface area (Å²) in [5.41, 5.74) is 7.38. The molecule has 0 radical (unpaired) electrons. The fourth-order valence-corrected chi connectivity index (χ4v) is 4.90.